The first kappa shape index (κ1) is 19.4. The summed E-state index contributed by atoms with van der Waals surface area (Å²) >= 11 is 0. The van der Waals surface area contributed by atoms with Gasteiger partial charge in [-0.05, 0) is 93.3 Å². The summed E-state index contributed by atoms with van der Waals surface area (Å²) in [5.74, 6) is 2.64. The second-order valence-corrected chi connectivity index (χ2v) is 10.5. The maximum atomic E-state index is 12.9. The van der Waals surface area contributed by atoms with E-state index in [-0.39, 0.29) is 10.8 Å². The highest BCUT2D eigenvalue weighted by Crippen LogP contribution is 2.70. The van der Waals surface area contributed by atoms with Crippen LogP contribution < -0.4 is 0 Å². The van der Waals surface area contributed by atoms with Gasteiger partial charge in [0, 0.05) is 12.5 Å². The van der Waals surface area contributed by atoms with Crippen LogP contribution in [0.25, 0.3) is 0 Å². The van der Waals surface area contributed by atoms with Gasteiger partial charge in [0.25, 0.3) is 0 Å². The van der Waals surface area contributed by atoms with E-state index in [1.165, 1.54) is 38.5 Å². The standard InChI is InChI=1S/C25H38O2/c1-6-12-25(17(2)26)15-11-22-20-8-7-18-16-19(27-5)9-13-23(18,3)21(20)10-14-24(22,25)4/h6-7,19-22H,1,8-16H2,2-5H3/t19-,20+,21-,22-,23-,24-,25+/m0/s1. The Kier molecular flexibility index (Phi) is 4.73. The predicted molar refractivity (Wildman–Crippen MR) is 110 cm³/mol. The number of carbonyl (C=O) groups is 1. The minimum atomic E-state index is -0.164. The van der Waals surface area contributed by atoms with E-state index in [1.807, 2.05) is 20.1 Å². The van der Waals surface area contributed by atoms with Gasteiger partial charge < -0.3 is 4.74 Å². The smallest absolute Gasteiger partial charge is 0.136 e. The van der Waals surface area contributed by atoms with Crippen molar-refractivity contribution >= 4 is 5.78 Å². The predicted octanol–water partition coefficient (Wildman–Crippen LogP) is 6.12. The summed E-state index contributed by atoms with van der Waals surface area (Å²) in [6, 6.07) is 0. The van der Waals surface area contributed by atoms with E-state index in [2.05, 4.69) is 26.5 Å². The number of allylic oxidation sites excluding steroid dienone is 2. The van der Waals surface area contributed by atoms with Gasteiger partial charge in [0.1, 0.15) is 5.78 Å². The highest BCUT2D eigenvalue weighted by atomic mass is 16.5. The zero-order chi connectivity index (χ0) is 19.4. The lowest BCUT2D eigenvalue weighted by Crippen LogP contribution is -2.53. The molecule has 0 aromatic carbocycles. The van der Waals surface area contributed by atoms with E-state index in [9.17, 15) is 4.79 Å². The molecule has 0 saturated heterocycles. The Morgan fingerprint density at radius 3 is 2.63 bits per heavy atom. The Bertz CT molecular complexity index is 663. The van der Waals surface area contributed by atoms with Crippen molar-refractivity contribution in [2.75, 3.05) is 7.11 Å². The summed E-state index contributed by atoms with van der Waals surface area (Å²) in [4.78, 5) is 12.9. The lowest BCUT2D eigenvalue weighted by molar-refractivity contribution is -0.140. The Morgan fingerprint density at radius 1 is 1.22 bits per heavy atom. The Morgan fingerprint density at radius 2 is 1.96 bits per heavy atom. The molecular weight excluding hydrogens is 332 g/mol. The number of fused-ring (bicyclic) bond motifs is 5. The normalized spacial score (nSPS) is 48.8. The summed E-state index contributed by atoms with van der Waals surface area (Å²) in [5.41, 5.74) is 2.02. The minimum absolute atomic E-state index is 0.152. The maximum absolute atomic E-state index is 12.9. The summed E-state index contributed by atoms with van der Waals surface area (Å²) in [6.07, 6.45) is 15.5. The van der Waals surface area contributed by atoms with Gasteiger partial charge in [-0.1, -0.05) is 31.6 Å². The largest absolute Gasteiger partial charge is 0.381 e. The molecule has 4 aliphatic rings. The molecule has 0 aliphatic heterocycles. The van der Waals surface area contributed by atoms with Crippen LogP contribution in [0, 0.1) is 34.0 Å². The zero-order valence-corrected chi connectivity index (χ0v) is 17.9. The molecule has 4 aliphatic carbocycles. The van der Waals surface area contributed by atoms with Gasteiger partial charge in [-0.15, -0.1) is 6.58 Å². The van der Waals surface area contributed by atoms with Crippen LogP contribution >= 0.6 is 0 Å². The van der Waals surface area contributed by atoms with E-state index in [4.69, 9.17) is 4.74 Å². The fourth-order valence-corrected chi connectivity index (χ4v) is 8.27. The molecule has 0 bridgehead atoms. The van der Waals surface area contributed by atoms with Crippen molar-refractivity contribution in [3.05, 3.63) is 24.3 Å². The molecule has 0 aromatic rings. The number of hydrogen-bond donors (Lipinski definition) is 0. The number of methoxy groups -OCH3 is 1. The number of ketones is 1. The van der Waals surface area contributed by atoms with Gasteiger partial charge in [-0.3, -0.25) is 4.79 Å². The number of rotatable bonds is 4. The molecule has 3 fully saturated rings. The number of ether oxygens (including phenoxy) is 1. The van der Waals surface area contributed by atoms with Crippen molar-refractivity contribution in [2.45, 2.75) is 84.7 Å². The molecule has 27 heavy (non-hydrogen) atoms. The first-order chi connectivity index (χ1) is 12.8. The fraction of sp³-hybridized carbons (Fsp3) is 0.800. The van der Waals surface area contributed by atoms with Crippen molar-refractivity contribution in [2.24, 2.45) is 34.0 Å². The molecule has 0 spiro atoms. The van der Waals surface area contributed by atoms with E-state index in [1.54, 1.807) is 5.57 Å². The van der Waals surface area contributed by atoms with Crippen LogP contribution in [0.1, 0.15) is 78.6 Å². The Labute approximate surface area is 165 Å². The molecular formula is C25H38O2. The molecule has 0 N–H and O–H groups in total. The summed E-state index contributed by atoms with van der Waals surface area (Å²) < 4.78 is 5.70. The molecule has 0 aromatic heterocycles. The Balaban J connectivity index is 1.67. The van der Waals surface area contributed by atoms with Crippen molar-refractivity contribution in [3.8, 4) is 0 Å². The molecule has 0 unspecified atom stereocenters. The van der Waals surface area contributed by atoms with Crippen LogP contribution in [0.2, 0.25) is 0 Å². The minimum Gasteiger partial charge on any atom is -0.381 e. The average Bonchev–Trinajstić information content (AvgIpc) is 2.95. The molecule has 7 atom stereocenters. The second kappa shape index (κ2) is 6.58. The van der Waals surface area contributed by atoms with Gasteiger partial charge in [-0.25, -0.2) is 0 Å². The first-order valence-corrected chi connectivity index (χ1v) is 11.2. The van der Waals surface area contributed by atoms with E-state index < -0.39 is 0 Å². The first-order valence-electron chi connectivity index (χ1n) is 11.2. The van der Waals surface area contributed by atoms with Crippen molar-refractivity contribution < 1.29 is 9.53 Å². The van der Waals surface area contributed by atoms with Crippen LogP contribution in [0.15, 0.2) is 24.3 Å². The summed E-state index contributed by atoms with van der Waals surface area (Å²) in [6.45, 7) is 10.8. The second-order valence-electron chi connectivity index (χ2n) is 10.5. The van der Waals surface area contributed by atoms with Crippen LogP contribution in [-0.4, -0.2) is 19.0 Å². The number of carbonyl (C=O) groups excluding carboxylic acids is 1. The summed E-state index contributed by atoms with van der Waals surface area (Å²) in [5, 5.41) is 0. The molecule has 0 heterocycles. The third-order valence-electron chi connectivity index (χ3n) is 9.92. The van der Waals surface area contributed by atoms with E-state index in [0.717, 1.165) is 31.1 Å². The fourth-order valence-electron chi connectivity index (χ4n) is 8.27. The van der Waals surface area contributed by atoms with Crippen molar-refractivity contribution in [1.82, 2.24) is 0 Å². The van der Waals surface area contributed by atoms with Crippen LogP contribution in [0.5, 0.6) is 0 Å². The lowest BCUT2D eigenvalue weighted by atomic mass is 9.45. The molecule has 4 rings (SSSR count). The third kappa shape index (κ3) is 2.51. The van der Waals surface area contributed by atoms with E-state index in [0.29, 0.717) is 23.2 Å². The van der Waals surface area contributed by atoms with Gasteiger partial charge in [0.05, 0.1) is 6.10 Å². The highest BCUT2D eigenvalue weighted by molar-refractivity contribution is 5.84. The number of hydrogen-bond acceptors (Lipinski definition) is 2. The van der Waals surface area contributed by atoms with Gasteiger partial charge in [0.15, 0.2) is 0 Å². The van der Waals surface area contributed by atoms with Gasteiger partial charge in [-0.2, -0.15) is 0 Å². The molecule has 2 nitrogen and oxygen atoms in total. The lowest BCUT2D eigenvalue weighted by Gasteiger charge is -2.59. The molecule has 0 amide bonds. The van der Waals surface area contributed by atoms with E-state index >= 15 is 0 Å². The highest BCUT2D eigenvalue weighted by Gasteiger charge is 2.64. The maximum Gasteiger partial charge on any atom is 0.136 e. The average molecular weight is 371 g/mol. The number of Topliss-reactive ketones (excluding diaryl/α,β-unsaturated/α-hetero) is 1. The molecule has 2 heteroatoms. The zero-order valence-electron chi connectivity index (χ0n) is 17.9. The van der Waals surface area contributed by atoms with Gasteiger partial charge >= 0.3 is 0 Å². The van der Waals surface area contributed by atoms with Crippen LogP contribution in [0.3, 0.4) is 0 Å². The van der Waals surface area contributed by atoms with Crippen LogP contribution in [0.4, 0.5) is 0 Å². The third-order valence-corrected chi connectivity index (χ3v) is 9.92. The van der Waals surface area contributed by atoms with Crippen LogP contribution in [-0.2, 0) is 9.53 Å². The van der Waals surface area contributed by atoms with Crippen molar-refractivity contribution in [1.29, 1.82) is 0 Å². The topological polar surface area (TPSA) is 26.3 Å². The SMILES string of the molecule is C=CC[C@]1(C(C)=O)CC[C@H]2[C@@H]3CC=C4C[C@@H](OC)CC[C@]4(C)[C@H]3CC[C@@]21C. The summed E-state index contributed by atoms with van der Waals surface area (Å²) in [7, 11) is 1.87. The molecule has 0 radical (unpaired) electrons. The quantitative estimate of drug-likeness (QED) is 0.558. The molecule has 150 valence electrons. The van der Waals surface area contributed by atoms with Crippen molar-refractivity contribution in [3.63, 3.8) is 0 Å². The molecule has 3 saturated carbocycles. The Hall–Kier alpha value is -0.890. The monoisotopic (exact) mass is 370 g/mol. The van der Waals surface area contributed by atoms with Gasteiger partial charge in [0.2, 0.25) is 0 Å².